The first kappa shape index (κ1) is 12.7. The second-order valence-corrected chi connectivity index (χ2v) is 4.88. The van der Waals surface area contributed by atoms with E-state index in [0.29, 0.717) is 11.3 Å². The molecule has 1 aromatic carbocycles. The lowest BCUT2D eigenvalue weighted by molar-refractivity contribution is -0.115. The molecule has 92 valence electrons. The molecule has 1 unspecified atom stereocenters. The van der Waals surface area contributed by atoms with E-state index in [1.165, 1.54) is 7.11 Å². The Balaban J connectivity index is 2.67. The molecule has 1 amide bonds. The lowest BCUT2D eigenvalue weighted by atomic mass is 9.78. The third-order valence-corrected chi connectivity index (χ3v) is 3.17. The summed E-state index contributed by atoms with van der Waals surface area (Å²) in [5.74, 6) is 0.298. The quantitative estimate of drug-likeness (QED) is 0.800. The predicted molar refractivity (Wildman–Crippen MR) is 72.1 cm³/mol. The molecule has 3 nitrogen and oxygen atoms in total. The van der Waals surface area contributed by atoms with Gasteiger partial charge in [0.15, 0.2) is 0 Å². The maximum absolute atomic E-state index is 12.1. The third kappa shape index (κ3) is 1.92. The molecule has 0 saturated heterocycles. The summed E-state index contributed by atoms with van der Waals surface area (Å²) in [6, 6.07) is 5.98. The number of amides is 1. The number of aryl methyl sites for hydroxylation is 2. The molecule has 2 rings (SSSR count). The molecule has 0 aromatic heterocycles. The summed E-state index contributed by atoms with van der Waals surface area (Å²) in [6.07, 6.45) is 0. The fraction of sp³-hybridized carbons (Fsp3) is 0.357. The van der Waals surface area contributed by atoms with Gasteiger partial charge in [-0.05, 0) is 31.9 Å². The van der Waals surface area contributed by atoms with Gasteiger partial charge in [0, 0.05) is 0 Å². The Morgan fingerprint density at radius 3 is 2.61 bits per heavy atom. The highest BCUT2D eigenvalue weighted by Gasteiger charge is 2.39. The molecule has 1 heterocycles. The lowest BCUT2D eigenvalue weighted by Crippen LogP contribution is -2.42. The average molecular weight is 241 g/mol. The highest BCUT2D eigenvalue weighted by atomic mass is 16.5. The number of methoxy groups -OCH3 is 1. The summed E-state index contributed by atoms with van der Waals surface area (Å²) < 4.78 is 5.33. The van der Waals surface area contributed by atoms with E-state index in [1.54, 1.807) is 6.92 Å². The smallest absolute Gasteiger partial charge is 0.255 e. The van der Waals surface area contributed by atoms with Gasteiger partial charge in [0.05, 0.1) is 18.1 Å². The predicted octanol–water partition coefficient (Wildman–Crippen LogP) is 1.68. The van der Waals surface area contributed by atoms with Gasteiger partial charge in [-0.15, -0.1) is 0 Å². The number of benzene rings is 1. The van der Waals surface area contributed by atoms with Crippen LogP contribution in [0.2, 0.25) is 0 Å². The summed E-state index contributed by atoms with van der Waals surface area (Å²) in [7, 11) is 7.56. The van der Waals surface area contributed by atoms with E-state index >= 15 is 0 Å². The topological polar surface area (TPSA) is 38.3 Å². The van der Waals surface area contributed by atoms with Crippen molar-refractivity contribution in [2.24, 2.45) is 0 Å². The Hall–Kier alpha value is -1.71. The van der Waals surface area contributed by atoms with Gasteiger partial charge in [0.1, 0.15) is 13.6 Å². The summed E-state index contributed by atoms with van der Waals surface area (Å²) in [5, 5.41) is 2.73. The third-order valence-electron chi connectivity index (χ3n) is 3.17. The molecular weight excluding hydrogens is 225 g/mol. The van der Waals surface area contributed by atoms with Crippen molar-refractivity contribution >= 4 is 19.3 Å². The van der Waals surface area contributed by atoms with Crippen LogP contribution in [0, 0.1) is 13.8 Å². The fourth-order valence-corrected chi connectivity index (χ4v) is 2.28. The summed E-state index contributed by atoms with van der Waals surface area (Å²) >= 11 is 0. The van der Waals surface area contributed by atoms with Crippen LogP contribution in [0.4, 0.5) is 0 Å². The molecule has 2 radical (unpaired) electrons. The van der Waals surface area contributed by atoms with E-state index in [1.807, 2.05) is 32.0 Å². The van der Waals surface area contributed by atoms with E-state index in [4.69, 9.17) is 12.6 Å². The molecule has 0 spiro atoms. The molecule has 1 atom stereocenters. The highest BCUT2D eigenvalue weighted by Crippen LogP contribution is 2.33. The van der Waals surface area contributed by atoms with Crippen LogP contribution in [-0.2, 0) is 9.53 Å². The molecule has 0 aliphatic carbocycles. The van der Waals surface area contributed by atoms with Gasteiger partial charge in [-0.3, -0.25) is 4.79 Å². The number of hydrogen-bond donors (Lipinski definition) is 1. The van der Waals surface area contributed by atoms with Crippen LogP contribution in [0.5, 0.6) is 0 Å². The van der Waals surface area contributed by atoms with Crippen LogP contribution in [0.15, 0.2) is 24.0 Å². The largest absolute Gasteiger partial charge is 0.499 e. The molecule has 4 heteroatoms. The molecule has 1 N–H and O–H groups in total. The molecule has 1 aliphatic rings. The van der Waals surface area contributed by atoms with Gasteiger partial charge in [-0.1, -0.05) is 23.8 Å². The van der Waals surface area contributed by atoms with Crippen LogP contribution in [0.3, 0.4) is 0 Å². The summed E-state index contributed by atoms with van der Waals surface area (Å²) in [5.41, 5.74) is 2.58. The Kier molecular flexibility index (Phi) is 2.97. The first-order chi connectivity index (χ1) is 8.36. The summed E-state index contributed by atoms with van der Waals surface area (Å²) in [4.78, 5) is 12.1. The van der Waals surface area contributed by atoms with Crippen LogP contribution in [0.1, 0.15) is 23.6 Å². The van der Waals surface area contributed by atoms with Crippen molar-refractivity contribution < 1.29 is 9.53 Å². The minimum absolute atomic E-state index is 0.189. The number of carbonyl (C=O) groups excluding carboxylic acids is 1. The van der Waals surface area contributed by atoms with Crippen molar-refractivity contribution in [3.05, 3.63) is 40.6 Å². The van der Waals surface area contributed by atoms with Gasteiger partial charge < -0.3 is 10.1 Å². The van der Waals surface area contributed by atoms with Crippen molar-refractivity contribution in [1.82, 2.24) is 5.32 Å². The first-order valence-corrected chi connectivity index (χ1v) is 5.84. The lowest BCUT2D eigenvalue weighted by Gasteiger charge is -2.21. The standard InChI is InChI=1S/C14H16BNO2/c1-8-5-6-9(2)10(7-8)11-12(18-4)14(3,15)16-13(11)17/h5-7H,1-4H3,(H,16,17). The zero-order chi connectivity index (χ0) is 13.5. The van der Waals surface area contributed by atoms with E-state index in [-0.39, 0.29) is 5.91 Å². The molecule has 0 bridgehead atoms. The Labute approximate surface area is 109 Å². The molecule has 1 aromatic rings. The monoisotopic (exact) mass is 241 g/mol. The molecule has 0 saturated carbocycles. The zero-order valence-electron chi connectivity index (χ0n) is 11.1. The van der Waals surface area contributed by atoms with E-state index < -0.39 is 5.44 Å². The Bertz CT molecular complexity index is 547. The summed E-state index contributed by atoms with van der Waals surface area (Å²) in [6.45, 7) is 5.68. The van der Waals surface area contributed by atoms with Gasteiger partial charge in [-0.25, -0.2) is 0 Å². The van der Waals surface area contributed by atoms with E-state index in [2.05, 4.69) is 5.32 Å². The van der Waals surface area contributed by atoms with Gasteiger partial charge in [0.25, 0.3) is 5.91 Å². The van der Waals surface area contributed by atoms with Crippen LogP contribution >= 0.6 is 0 Å². The van der Waals surface area contributed by atoms with E-state index in [0.717, 1.165) is 16.7 Å². The van der Waals surface area contributed by atoms with Gasteiger partial charge in [0.2, 0.25) is 0 Å². The molecule has 0 fully saturated rings. The minimum atomic E-state index is -0.947. The van der Waals surface area contributed by atoms with Gasteiger partial charge >= 0.3 is 0 Å². The molecule has 1 aliphatic heterocycles. The van der Waals surface area contributed by atoms with Crippen molar-refractivity contribution in [1.29, 1.82) is 0 Å². The van der Waals surface area contributed by atoms with Crippen molar-refractivity contribution in [2.75, 3.05) is 7.11 Å². The van der Waals surface area contributed by atoms with Crippen molar-refractivity contribution in [2.45, 2.75) is 26.2 Å². The second-order valence-electron chi connectivity index (χ2n) is 4.88. The van der Waals surface area contributed by atoms with Crippen LogP contribution < -0.4 is 5.32 Å². The molecule has 18 heavy (non-hydrogen) atoms. The van der Waals surface area contributed by atoms with Crippen molar-refractivity contribution in [3.63, 3.8) is 0 Å². The normalized spacial score (nSPS) is 23.2. The zero-order valence-corrected chi connectivity index (χ0v) is 11.1. The highest BCUT2D eigenvalue weighted by molar-refractivity contribution is 6.31. The number of hydrogen-bond acceptors (Lipinski definition) is 2. The SMILES string of the molecule is [B]C1(C)NC(=O)C(c2cc(C)ccc2C)=C1OC. The van der Waals surface area contributed by atoms with E-state index in [9.17, 15) is 4.79 Å². The Morgan fingerprint density at radius 1 is 1.33 bits per heavy atom. The maximum Gasteiger partial charge on any atom is 0.255 e. The molecular formula is C14H16BNO2. The number of nitrogens with one attached hydrogen (secondary N) is 1. The average Bonchev–Trinajstić information content (AvgIpc) is 2.51. The minimum Gasteiger partial charge on any atom is -0.499 e. The number of rotatable bonds is 2. The fourth-order valence-electron chi connectivity index (χ4n) is 2.28. The first-order valence-electron chi connectivity index (χ1n) is 5.84. The Morgan fingerprint density at radius 2 is 2.00 bits per heavy atom. The second kappa shape index (κ2) is 4.20. The van der Waals surface area contributed by atoms with Crippen LogP contribution in [0.25, 0.3) is 5.57 Å². The van der Waals surface area contributed by atoms with Crippen LogP contribution in [-0.4, -0.2) is 26.3 Å². The number of carbonyl (C=O) groups is 1. The van der Waals surface area contributed by atoms with Gasteiger partial charge in [-0.2, -0.15) is 0 Å². The number of ether oxygens (including phenoxy) is 1. The maximum atomic E-state index is 12.1. The van der Waals surface area contributed by atoms with Crippen molar-refractivity contribution in [3.8, 4) is 0 Å².